The van der Waals surface area contributed by atoms with E-state index in [9.17, 15) is 0 Å². The molecule has 0 saturated carbocycles. The fraction of sp³-hybridized carbons (Fsp3) is 0.474. The molecule has 6 nitrogen and oxygen atoms in total. The largest absolute Gasteiger partial charge is 0.493 e. The highest BCUT2D eigenvalue weighted by atomic mass is 127. The van der Waals surface area contributed by atoms with Crippen LogP contribution in [0, 0.1) is 13.8 Å². The number of rotatable bonds is 8. The van der Waals surface area contributed by atoms with Crippen LogP contribution >= 0.6 is 35.3 Å². The molecule has 0 spiro atoms. The Kier molecular flexibility index (Phi) is 10.5. The van der Waals surface area contributed by atoms with Crippen molar-refractivity contribution >= 4 is 47.0 Å². The van der Waals surface area contributed by atoms with Gasteiger partial charge in [-0.3, -0.25) is 4.99 Å². The molecule has 0 fully saturated rings. The number of guanidine groups is 1. The van der Waals surface area contributed by atoms with Crippen molar-refractivity contribution in [3.05, 3.63) is 33.8 Å². The summed E-state index contributed by atoms with van der Waals surface area (Å²) in [5.74, 6) is 2.18. The number of methoxy groups -OCH3 is 1. The van der Waals surface area contributed by atoms with Crippen molar-refractivity contribution in [2.75, 3.05) is 32.1 Å². The maximum absolute atomic E-state index is 5.56. The van der Waals surface area contributed by atoms with E-state index in [4.69, 9.17) is 9.47 Å². The van der Waals surface area contributed by atoms with E-state index in [2.05, 4.69) is 27.5 Å². The number of halogens is 1. The molecule has 2 aromatic rings. The molecule has 0 aliphatic heterocycles. The van der Waals surface area contributed by atoms with Crippen molar-refractivity contribution in [3.63, 3.8) is 0 Å². The summed E-state index contributed by atoms with van der Waals surface area (Å²) in [5, 5.41) is 7.69. The average molecular weight is 504 g/mol. The van der Waals surface area contributed by atoms with Crippen LogP contribution in [0.4, 0.5) is 5.69 Å². The van der Waals surface area contributed by atoms with Gasteiger partial charge in [0.2, 0.25) is 0 Å². The van der Waals surface area contributed by atoms with Gasteiger partial charge in [-0.15, -0.1) is 35.3 Å². The van der Waals surface area contributed by atoms with Crippen LogP contribution in [0.15, 0.2) is 23.2 Å². The first kappa shape index (κ1) is 23.5. The zero-order valence-corrected chi connectivity index (χ0v) is 19.7. The first-order chi connectivity index (χ1) is 12.6. The quantitative estimate of drug-likeness (QED) is 0.317. The first-order valence-electron chi connectivity index (χ1n) is 8.86. The van der Waals surface area contributed by atoms with Crippen LogP contribution in [0.2, 0.25) is 0 Å². The van der Waals surface area contributed by atoms with Crippen LogP contribution in [0.1, 0.15) is 29.4 Å². The molecule has 27 heavy (non-hydrogen) atoms. The topological polar surface area (TPSA) is 67.8 Å². The average Bonchev–Trinajstić information content (AvgIpc) is 2.94. The minimum absolute atomic E-state index is 0. The number of anilines is 1. The van der Waals surface area contributed by atoms with Crippen LogP contribution in [0.25, 0.3) is 0 Å². The first-order valence-corrected chi connectivity index (χ1v) is 9.68. The summed E-state index contributed by atoms with van der Waals surface area (Å²) in [7, 11) is 1.64. The molecular weight excluding hydrogens is 475 g/mol. The van der Waals surface area contributed by atoms with E-state index in [1.54, 1.807) is 18.4 Å². The number of hydrogen-bond acceptors (Lipinski definition) is 5. The second-order valence-electron chi connectivity index (χ2n) is 5.68. The summed E-state index contributed by atoms with van der Waals surface area (Å²) >= 11 is 1.74. The molecule has 2 rings (SSSR count). The Morgan fingerprint density at radius 2 is 2.00 bits per heavy atom. The van der Waals surface area contributed by atoms with E-state index in [-0.39, 0.29) is 24.0 Å². The van der Waals surface area contributed by atoms with Gasteiger partial charge in [-0.2, -0.15) is 0 Å². The molecule has 0 unspecified atom stereocenters. The highest BCUT2D eigenvalue weighted by Crippen LogP contribution is 2.30. The lowest BCUT2D eigenvalue weighted by Crippen LogP contribution is -2.30. The van der Waals surface area contributed by atoms with Crippen molar-refractivity contribution in [1.29, 1.82) is 0 Å². The van der Waals surface area contributed by atoms with E-state index in [0.29, 0.717) is 18.9 Å². The van der Waals surface area contributed by atoms with Crippen molar-refractivity contribution in [2.24, 2.45) is 4.99 Å². The predicted octanol–water partition coefficient (Wildman–Crippen LogP) is 4.41. The lowest BCUT2D eigenvalue weighted by Gasteiger charge is -2.14. The van der Waals surface area contributed by atoms with Crippen LogP contribution in [-0.4, -0.2) is 37.7 Å². The Bertz CT molecular complexity index is 749. The summed E-state index contributed by atoms with van der Waals surface area (Å²) in [5.41, 5.74) is 2.01. The molecule has 0 bridgehead atoms. The minimum Gasteiger partial charge on any atom is -0.493 e. The Balaban J connectivity index is 0.00000364. The summed E-state index contributed by atoms with van der Waals surface area (Å²) in [6, 6.07) is 5.77. The van der Waals surface area contributed by atoms with Gasteiger partial charge in [-0.25, -0.2) is 4.98 Å². The monoisotopic (exact) mass is 504 g/mol. The number of aliphatic imine (C=N–C) groups is 1. The molecule has 1 aromatic heterocycles. The van der Waals surface area contributed by atoms with Crippen LogP contribution < -0.4 is 20.1 Å². The second-order valence-corrected chi connectivity index (χ2v) is 6.96. The standard InChI is InChI=1S/C19H28N4O2S.HI/c1-6-20-19(21-11-10-18-13(3)22-14(4)26-18)23-15-8-9-16(25-7-2)17(12-15)24-5;/h8-9,12H,6-7,10-11H2,1-5H3,(H2,20,21,23);1H. The smallest absolute Gasteiger partial charge is 0.195 e. The normalized spacial score (nSPS) is 10.9. The molecule has 0 atom stereocenters. The molecule has 0 amide bonds. The summed E-state index contributed by atoms with van der Waals surface area (Å²) in [6.45, 7) is 10.2. The van der Waals surface area contributed by atoms with Gasteiger partial charge in [0, 0.05) is 36.1 Å². The van der Waals surface area contributed by atoms with E-state index in [0.717, 1.165) is 41.1 Å². The van der Waals surface area contributed by atoms with Crippen molar-refractivity contribution < 1.29 is 9.47 Å². The Morgan fingerprint density at radius 3 is 2.59 bits per heavy atom. The zero-order valence-electron chi connectivity index (χ0n) is 16.6. The number of nitrogens with one attached hydrogen (secondary N) is 2. The van der Waals surface area contributed by atoms with E-state index < -0.39 is 0 Å². The molecule has 0 aliphatic rings. The van der Waals surface area contributed by atoms with Crippen LogP contribution in [0.5, 0.6) is 11.5 Å². The van der Waals surface area contributed by atoms with Gasteiger partial charge in [-0.05, 0) is 39.8 Å². The number of aromatic nitrogens is 1. The molecule has 150 valence electrons. The van der Waals surface area contributed by atoms with Crippen molar-refractivity contribution in [2.45, 2.75) is 34.1 Å². The predicted molar refractivity (Wildman–Crippen MR) is 124 cm³/mol. The lowest BCUT2D eigenvalue weighted by atomic mass is 10.2. The van der Waals surface area contributed by atoms with Gasteiger partial charge in [0.25, 0.3) is 0 Å². The number of thiazole rings is 1. The Morgan fingerprint density at radius 1 is 1.22 bits per heavy atom. The molecule has 1 aromatic carbocycles. The molecule has 8 heteroatoms. The summed E-state index contributed by atoms with van der Waals surface area (Å²) in [4.78, 5) is 10.4. The third-order valence-electron chi connectivity index (χ3n) is 3.68. The zero-order chi connectivity index (χ0) is 18.9. The fourth-order valence-electron chi connectivity index (χ4n) is 2.54. The van der Waals surface area contributed by atoms with E-state index >= 15 is 0 Å². The highest BCUT2D eigenvalue weighted by Gasteiger charge is 2.08. The maximum atomic E-state index is 5.56. The summed E-state index contributed by atoms with van der Waals surface area (Å²) in [6.07, 6.45) is 0.889. The van der Waals surface area contributed by atoms with E-state index in [1.165, 1.54) is 4.88 Å². The molecule has 2 N–H and O–H groups in total. The number of benzene rings is 1. The van der Waals surface area contributed by atoms with Gasteiger partial charge in [0.1, 0.15) is 0 Å². The third-order valence-corrected chi connectivity index (χ3v) is 4.81. The SMILES string of the molecule is CCNC(=NCCc1sc(C)nc1C)Nc1ccc(OCC)c(OC)c1.I. The van der Waals surface area contributed by atoms with Crippen molar-refractivity contribution in [1.82, 2.24) is 10.3 Å². The molecule has 0 saturated heterocycles. The van der Waals surface area contributed by atoms with Crippen molar-refractivity contribution in [3.8, 4) is 11.5 Å². The maximum Gasteiger partial charge on any atom is 0.195 e. The van der Waals surface area contributed by atoms with Gasteiger partial charge in [0.05, 0.1) is 24.4 Å². The van der Waals surface area contributed by atoms with Crippen LogP contribution in [-0.2, 0) is 6.42 Å². The molecular formula is C19H29IN4O2S. The Hall–Kier alpha value is -1.55. The van der Waals surface area contributed by atoms with Gasteiger partial charge >= 0.3 is 0 Å². The van der Waals surface area contributed by atoms with Gasteiger partial charge in [0.15, 0.2) is 17.5 Å². The Labute approximate surface area is 182 Å². The van der Waals surface area contributed by atoms with Gasteiger partial charge in [-0.1, -0.05) is 0 Å². The molecule has 1 heterocycles. The number of nitrogens with zero attached hydrogens (tertiary/aromatic N) is 2. The van der Waals surface area contributed by atoms with Gasteiger partial charge < -0.3 is 20.1 Å². The third kappa shape index (κ3) is 7.17. The number of aryl methyl sites for hydroxylation is 2. The molecule has 0 radical (unpaired) electrons. The number of ether oxygens (including phenoxy) is 2. The minimum atomic E-state index is 0. The second kappa shape index (κ2) is 12.0. The van der Waals surface area contributed by atoms with E-state index in [1.807, 2.05) is 39.0 Å². The fourth-order valence-corrected chi connectivity index (χ4v) is 3.46. The number of hydrogen-bond donors (Lipinski definition) is 2. The molecule has 0 aliphatic carbocycles. The summed E-state index contributed by atoms with van der Waals surface area (Å²) < 4.78 is 11.0. The lowest BCUT2D eigenvalue weighted by molar-refractivity contribution is 0.311. The van der Waals surface area contributed by atoms with Crippen LogP contribution in [0.3, 0.4) is 0 Å². The highest BCUT2D eigenvalue weighted by molar-refractivity contribution is 14.0.